The Kier molecular flexibility index (Phi) is 11.8. The molecular weight excluding hydrogens is 621 g/mol. The molecule has 2 amide bonds. The molecule has 1 aliphatic heterocycles. The number of carboxylic acids is 1. The molecule has 0 bridgehead atoms. The van der Waals surface area contributed by atoms with Gasteiger partial charge in [0.25, 0.3) is 0 Å². The first-order chi connectivity index (χ1) is 17.4. The minimum Gasteiger partial charge on any atom is -0.479 e. The van der Waals surface area contributed by atoms with Gasteiger partial charge < -0.3 is 9.84 Å². The minimum absolute atomic E-state index is 0.0652. The summed E-state index contributed by atoms with van der Waals surface area (Å²) >= 11 is 1.82. The number of carboxylic acid groups (broad SMARTS) is 1. The number of aliphatic carboxylic acids is 1. The summed E-state index contributed by atoms with van der Waals surface area (Å²) in [6.07, 6.45) is -4.24. The smallest absolute Gasteiger partial charge is 0.479 e. The molecule has 3 N–H and O–H groups in total. The molecule has 1 aliphatic rings. The number of benzene rings is 1. The molecular formula is C21H27B2IN2O10S. The predicted octanol–water partition coefficient (Wildman–Crippen LogP) is 1.81. The summed E-state index contributed by atoms with van der Waals surface area (Å²) in [5, 5.41) is 21.7. The van der Waals surface area contributed by atoms with Gasteiger partial charge in [0.2, 0.25) is 0 Å². The zero-order valence-corrected chi connectivity index (χ0v) is 23.6. The standard InChI is InChI=1S/C21H27B2IN2O10S/c1-10-11(2)18(33-12(3)28)20(35-17(10)19(30)31)34-15-6-5-13(9-27)7-14(15)25-16(29)8-26(4)21(32)36-37(24)23-22/h5-7,10-11,17-18,20,27H,8-9H2,1-4H3,(H,25,29)(H,30,31)/t10-,11-,17?,18?,20+,37?/m0/s1. The molecule has 1 saturated heterocycles. The van der Waals surface area contributed by atoms with Crippen LogP contribution in [0.2, 0.25) is 0 Å². The summed E-state index contributed by atoms with van der Waals surface area (Å²) in [6.45, 7) is 3.89. The van der Waals surface area contributed by atoms with E-state index in [2.05, 4.69) is 5.32 Å². The molecule has 2 rings (SSSR count). The topological polar surface area (TPSA) is 161 Å². The van der Waals surface area contributed by atoms with Crippen LogP contribution >= 0.6 is 29.0 Å². The number of aliphatic hydroxyl groups is 1. The summed E-state index contributed by atoms with van der Waals surface area (Å²) < 4.78 is 22.0. The molecule has 0 aliphatic carbocycles. The Hall–Kier alpha value is -2.17. The Morgan fingerprint density at radius 1 is 1.27 bits per heavy atom. The number of likely N-dealkylation sites (N-methyl/N-ethyl adjacent to an activating group) is 1. The van der Waals surface area contributed by atoms with Gasteiger partial charge in [0.15, 0.2) is 6.10 Å². The number of nitrogens with one attached hydrogen (secondary N) is 1. The van der Waals surface area contributed by atoms with Crippen molar-refractivity contribution in [2.75, 3.05) is 18.9 Å². The summed E-state index contributed by atoms with van der Waals surface area (Å²) in [7, 11) is 5.73. The van der Waals surface area contributed by atoms with Crippen LogP contribution < -0.4 is 10.1 Å². The van der Waals surface area contributed by atoms with Crippen LogP contribution in [0.15, 0.2) is 18.2 Å². The van der Waals surface area contributed by atoms with Crippen LogP contribution in [0.25, 0.3) is 0 Å². The van der Waals surface area contributed by atoms with E-state index in [9.17, 15) is 29.4 Å². The van der Waals surface area contributed by atoms with Gasteiger partial charge >= 0.3 is 173 Å². The molecule has 0 spiro atoms. The maximum atomic E-state index is 12.7. The van der Waals surface area contributed by atoms with Crippen LogP contribution in [0.1, 0.15) is 26.3 Å². The van der Waals surface area contributed by atoms with E-state index < -0.39 is 62.0 Å². The number of amides is 2. The number of anilines is 1. The van der Waals surface area contributed by atoms with E-state index in [1.165, 1.54) is 38.2 Å². The van der Waals surface area contributed by atoms with Gasteiger partial charge in [-0.15, -0.1) is 0 Å². The third kappa shape index (κ3) is 8.68. The Morgan fingerprint density at radius 2 is 1.95 bits per heavy atom. The predicted molar refractivity (Wildman–Crippen MR) is 144 cm³/mol. The van der Waals surface area contributed by atoms with Crippen molar-refractivity contribution >= 4 is 72.4 Å². The third-order valence-corrected chi connectivity index (χ3v) is 7.55. The molecule has 1 fully saturated rings. The van der Waals surface area contributed by atoms with Gasteiger partial charge in [-0.05, 0) is 5.92 Å². The molecule has 6 atom stereocenters. The number of carbonyl (C=O) groups excluding carboxylic acids is 3. The first kappa shape index (κ1) is 31.1. The first-order valence-electron chi connectivity index (χ1n) is 11.0. The summed E-state index contributed by atoms with van der Waals surface area (Å²) in [5.41, 5.74) is 0.555. The number of carbonyl (C=O) groups is 4. The SMILES string of the molecule is [B]B=S(I)OC(=O)N(C)CC(=O)Nc1cc(CO)ccc1O[C@@H]1OC(C(=O)O)[C@@H](C)[C@H](C)C1OC(C)=O. The molecule has 3 unspecified atom stereocenters. The van der Waals surface area contributed by atoms with Crippen molar-refractivity contribution in [3.63, 3.8) is 0 Å². The third-order valence-electron chi connectivity index (χ3n) is 5.61. The van der Waals surface area contributed by atoms with Gasteiger partial charge in [0.05, 0.1) is 0 Å². The van der Waals surface area contributed by atoms with Crippen molar-refractivity contribution in [1.29, 1.82) is 0 Å². The van der Waals surface area contributed by atoms with Crippen LogP contribution in [0, 0.1) is 11.8 Å². The number of aliphatic hydroxyl groups excluding tert-OH is 1. The van der Waals surface area contributed by atoms with E-state index in [0.29, 0.717) is 5.56 Å². The van der Waals surface area contributed by atoms with Crippen LogP contribution in [-0.4, -0.2) is 84.9 Å². The Morgan fingerprint density at radius 3 is 2.51 bits per heavy atom. The fraction of sp³-hybridized carbons (Fsp3) is 0.524. The zero-order valence-electron chi connectivity index (χ0n) is 20.6. The second kappa shape index (κ2) is 14.1. The zero-order chi connectivity index (χ0) is 27.9. The number of nitrogens with zero attached hydrogens (tertiary/aromatic N) is 1. The van der Waals surface area contributed by atoms with E-state index in [1.807, 2.05) is 21.2 Å². The summed E-state index contributed by atoms with van der Waals surface area (Å²) in [6, 6.07) is 5.62. The molecule has 16 heteroatoms. The van der Waals surface area contributed by atoms with Gasteiger partial charge in [0, 0.05) is 12.8 Å². The van der Waals surface area contributed by atoms with Crippen LogP contribution in [0.3, 0.4) is 0 Å². The van der Waals surface area contributed by atoms with E-state index in [0.717, 1.165) is 4.90 Å². The molecule has 37 heavy (non-hydrogen) atoms. The number of halogens is 1. The first-order valence-corrected chi connectivity index (χ1v) is 14.8. The number of rotatable bonds is 9. The monoisotopic (exact) mass is 648 g/mol. The summed E-state index contributed by atoms with van der Waals surface area (Å²) in [5.74, 6) is -3.28. The van der Waals surface area contributed by atoms with Crippen LogP contribution in [0.5, 0.6) is 5.75 Å². The minimum atomic E-state index is -1.31. The number of esters is 1. The van der Waals surface area contributed by atoms with Crippen molar-refractivity contribution in [3.8, 4) is 5.75 Å². The maximum absolute atomic E-state index is 12.7. The molecule has 0 saturated carbocycles. The van der Waals surface area contributed by atoms with Crippen molar-refractivity contribution in [2.45, 2.75) is 45.9 Å². The molecule has 1 heterocycles. The molecule has 2 radical (unpaired) electrons. The Labute approximate surface area is 230 Å². The van der Waals surface area contributed by atoms with Crippen molar-refractivity contribution in [2.24, 2.45) is 11.8 Å². The van der Waals surface area contributed by atoms with Gasteiger partial charge in [-0.3, -0.25) is 4.79 Å². The summed E-state index contributed by atoms with van der Waals surface area (Å²) in [4.78, 5) is 49.3. The number of hydrogen-bond acceptors (Lipinski definition) is 9. The van der Waals surface area contributed by atoms with Crippen LogP contribution in [-0.2, 0) is 34.6 Å². The molecule has 12 nitrogen and oxygen atoms in total. The van der Waals surface area contributed by atoms with Crippen LogP contribution in [0.4, 0.5) is 10.5 Å². The van der Waals surface area contributed by atoms with E-state index in [1.54, 1.807) is 13.8 Å². The van der Waals surface area contributed by atoms with Crippen molar-refractivity contribution < 1.29 is 47.8 Å². The Balaban J connectivity index is 2.29. The molecule has 1 aromatic carbocycles. The number of ether oxygens (including phenoxy) is 3. The Bertz CT molecular complexity index is 1060. The van der Waals surface area contributed by atoms with Gasteiger partial charge in [-0.25, -0.2) is 4.79 Å². The second-order valence-electron chi connectivity index (χ2n) is 8.30. The fourth-order valence-corrected chi connectivity index (χ4v) is 4.31. The molecule has 200 valence electrons. The quantitative estimate of drug-likeness (QED) is 0.205. The van der Waals surface area contributed by atoms with Crippen molar-refractivity contribution in [3.05, 3.63) is 23.8 Å². The second-order valence-corrected chi connectivity index (χ2v) is 11.8. The van der Waals surface area contributed by atoms with Gasteiger partial charge in [-0.2, -0.15) is 0 Å². The van der Waals surface area contributed by atoms with Gasteiger partial charge in [-0.1, -0.05) is 13.8 Å². The van der Waals surface area contributed by atoms with E-state index in [4.69, 9.17) is 26.1 Å². The van der Waals surface area contributed by atoms with Crippen molar-refractivity contribution in [1.82, 2.24) is 4.90 Å². The van der Waals surface area contributed by atoms with E-state index in [-0.39, 0.29) is 24.6 Å². The fourth-order valence-electron chi connectivity index (χ4n) is 3.53. The normalized spacial score (nSPS) is 23.8. The average molecular weight is 648 g/mol. The molecule has 0 aromatic heterocycles. The average Bonchev–Trinajstić information content (AvgIpc) is 2.83. The molecule has 1 aromatic rings. The number of hydrogen-bond donors (Lipinski definition) is 3. The van der Waals surface area contributed by atoms with Gasteiger partial charge in [0.1, 0.15) is 0 Å². The van der Waals surface area contributed by atoms with E-state index >= 15 is 0 Å².